The van der Waals surface area contributed by atoms with Crippen LogP contribution in [0.25, 0.3) is 11.0 Å². The Labute approximate surface area is 118 Å². The number of aryl methyl sites for hydroxylation is 1. The summed E-state index contributed by atoms with van der Waals surface area (Å²) >= 11 is 0. The van der Waals surface area contributed by atoms with E-state index < -0.39 is 5.91 Å². The van der Waals surface area contributed by atoms with E-state index in [0.717, 1.165) is 5.39 Å². The number of nitrogens with one attached hydrogen (secondary N) is 1. The predicted molar refractivity (Wildman–Crippen MR) is 74.4 cm³/mol. The van der Waals surface area contributed by atoms with Crippen molar-refractivity contribution in [2.75, 3.05) is 0 Å². The average molecular weight is 287 g/mol. The highest BCUT2D eigenvalue weighted by molar-refractivity contribution is 5.98. The highest BCUT2D eigenvalue weighted by Gasteiger charge is 2.21. The van der Waals surface area contributed by atoms with Crippen molar-refractivity contribution in [1.29, 1.82) is 0 Å². The van der Waals surface area contributed by atoms with Gasteiger partial charge in [0.2, 0.25) is 0 Å². The number of hydrogen-bond acceptors (Lipinski definition) is 5. The first-order valence-corrected chi connectivity index (χ1v) is 6.21. The van der Waals surface area contributed by atoms with Crippen molar-refractivity contribution in [1.82, 2.24) is 19.8 Å². The maximum atomic E-state index is 11.9. The van der Waals surface area contributed by atoms with E-state index in [1.165, 1.54) is 15.6 Å². The Hall–Kier alpha value is -2.87. The molecule has 108 valence electrons. The highest BCUT2D eigenvalue weighted by Crippen LogP contribution is 2.26. The zero-order valence-corrected chi connectivity index (χ0v) is 11.2. The van der Waals surface area contributed by atoms with Crippen LogP contribution in [0.1, 0.15) is 16.1 Å². The number of carbonyl (C=O) groups excluding carboxylic acids is 1. The van der Waals surface area contributed by atoms with Gasteiger partial charge in [-0.05, 0) is 6.07 Å². The number of para-hydroxylation sites is 1. The number of nitrogens with two attached hydrogens (primary N) is 1. The molecule has 3 N–H and O–H groups in total. The van der Waals surface area contributed by atoms with Crippen LogP contribution in [0.2, 0.25) is 0 Å². The summed E-state index contributed by atoms with van der Waals surface area (Å²) in [6, 6.07) is 7.18. The fourth-order valence-electron chi connectivity index (χ4n) is 2.18. The summed E-state index contributed by atoms with van der Waals surface area (Å²) in [7, 11) is 1.60. The number of nitrogen functional groups attached to an aromatic ring is 1. The van der Waals surface area contributed by atoms with Crippen LogP contribution in [0.3, 0.4) is 0 Å². The van der Waals surface area contributed by atoms with Gasteiger partial charge in [0, 0.05) is 18.0 Å². The van der Waals surface area contributed by atoms with E-state index in [1.54, 1.807) is 19.2 Å². The van der Waals surface area contributed by atoms with Gasteiger partial charge in [0.25, 0.3) is 0 Å². The lowest BCUT2D eigenvalue weighted by atomic mass is 10.1. The van der Waals surface area contributed by atoms with Crippen molar-refractivity contribution < 1.29 is 9.21 Å². The van der Waals surface area contributed by atoms with Crippen LogP contribution in [-0.4, -0.2) is 20.3 Å². The van der Waals surface area contributed by atoms with Gasteiger partial charge in [0.1, 0.15) is 11.9 Å². The molecule has 1 amide bonds. The molecular weight excluding hydrogens is 274 g/mol. The Kier molecular flexibility index (Phi) is 3.07. The number of rotatable bonds is 3. The molecule has 0 bridgehead atoms. The SMILES string of the molecule is Cn1cnn(Cc2c(C(=O)NN)oc3ccccc23)c1=O. The molecule has 8 nitrogen and oxygen atoms in total. The topological polar surface area (TPSA) is 108 Å². The zero-order chi connectivity index (χ0) is 15.0. The van der Waals surface area contributed by atoms with Crippen molar-refractivity contribution in [2.45, 2.75) is 6.54 Å². The second-order valence-corrected chi connectivity index (χ2v) is 4.56. The number of fused-ring (bicyclic) bond motifs is 1. The van der Waals surface area contributed by atoms with Crippen LogP contribution in [0.15, 0.2) is 39.8 Å². The van der Waals surface area contributed by atoms with Crippen LogP contribution in [0.4, 0.5) is 0 Å². The summed E-state index contributed by atoms with van der Waals surface area (Å²) < 4.78 is 8.14. The minimum atomic E-state index is -0.551. The molecule has 3 rings (SSSR count). The van der Waals surface area contributed by atoms with Gasteiger partial charge in [-0.1, -0.05) is 18.2 Å². The Balaban J connectivity index is 2.17. The number of nitrogens with zero attached hydrogens (tertiary/aromatic N) is 3. The van der Waals surface area contributed by atoms with Gasteiger partial charge in [-0.15, -0.1) is 0 Å². The van der Waals surface area contributed by atoms with E-state index in [4.69, 9.17) is 10.3 Å². The van der Waals surface area contributed by atoms with Gasteiger partial charge in [-0.25, -0.2) is 15.3 Å². The van der Waals surface area contributed by atoms with E-state index in [1.807, 2.05) is 17.6 Å². The molecule has 3 aromatic rings. The number of aromatic nitrogens is 3. The number of furan rings is 1. The minimum Gasteiger partial charge on any atom is -0.450 e. The van der Waals surface area contributed by atoms with E-state index in [2.05, 4.69) is 5.10 Å². The van der Waals surface area contributed by atoms with Crippen LogP contribution >= 0.6 is 0 Å². The minimum absolute atomic E-state index is 0.0799. The molecule has 21 heavy (non-hydrogen) atoms. The number of hydrogen-bond donors (Lipinski definition) is 2. The molecular formula is C13H13N5O3. The Morgan fingerprint density at radius 3 is 2.86 bits per heavy atom. The molecule has 0 aliphatic rings. The largest absolute Gasteiger partial charge is 0.450 e. The van der Waals surface area contributed by atoms with Crippen molar-refractivity contribution in [3.05, 3.63) is 52.4 Å². The first-order chi connectivity index (χ1) is 10.1. The molecule has 0 atom stereocenters. The van der Waals surface area contributed by atoms with Crippen LogP contribution in [0.5, 0.6) is 0 Å². The molecule has 0 aliphatic carbocycles. The molecule has 2 aromatic heterocycles. The van der Waals surface area contributed by atoms with Crippen molar-refractivity contribution in [3.8, 4) is 0 Å². The van der Waals surface area contributed by atoms with Gasteiger partial charge < -0.3 is 4.42 Å². The van der Waals surface area contributed by atoms with Gasteiger partial charge in [0.15, 0.2) is 5.76 Å². The molecule has 0 fully saturated rings. The Morgan fingerprint density at radius 1 is 1.43 bits per heavy atom. The summed E-state index contributed by atoms with van der Waals surface area (Å²) in [5.74, 6) is 4.70. The number of carbonyl (C=O) groups is 1. The summed E-state index contributed by atoms with van der Waals surface area (Å²) in [6.07, 6.45) is 1.41. The maximum absolute atomic E-state index is 11.9. The molecule has 8 heteroatoms. The van der Waals surface area contributed by atoms with Gasteiger partial charge in [-0.3, -0.25) is 14.8 Å². The predicted octanol–water partition coefficient (Wildman–Crippen LogP) is -0.0202. The standard InChI is InChI=1S/C13H13N5O3/c1-17-7-15-18(13(17)20)6-9-8-4-2-3-5-10(8)21-11(9)12(19)16-14/h2-5,7H,6,14H2,1H3,(H,16,19). The van der Waals surface area contributed by atoms with Crippen LogP contribution in [0, 0.1) is 0 Å². The lowest BCUT2D eigenvalue weighted by Gasteiger charge is -2.01. The number of hydrazine groups is 1. The Bertz CT molecular complexity index is 873. The van der Waals surface area contributed by atoms with Gasteiger partial charge >= 0.3 is 11.6 Å². The van der Waals surface area contributed by atoms with E-state index in [0.29, 0.717) is 11.1 Å². The van der Waals surface area contributed by atoms with Crippen molar-refractivity contribution in [2.24, 2.45) is 12.9 Å². The van der Waals surface area contributed by atoms with Crippen molar-refractivity contribution >= 4 is 16.9 Å². The fourth-order valence-corrected chi connectivity index (χ4v) is 2.18. The molecule has 0 saturated heterocycles. The number of amides is 1. The third-order valence-corrected chi connectivity index (χ3v) is 3.23. The summed E-state index contributed by atoms with van der Waals surface area (Å²) in [5.41, 5.74) is 2.88. The van der Waals surface area contributed by atoms with Crippen molar-refractivity contribution in [3.63, 3.8) is 0 Å². The summed E-state index contributed by atoms with van der Waals surface area (Å²) in [5, 5.41) is 4.73. The lowest BCUT2D eigenvalue weighted by molar-refractivity contribution is 0.0926. The molecule has 0 unspecified atom stereocenters. The van der Waals surface area contributed by atoms with Gasteiger partial charge in [0.05, 0.1) is 6.54 Å². The van der Waals surface area contributed by atoms with Crippen LogP contribution < -0.4 is 17.0 Å². The lowest BCUT2D eigenvalue weighted by Crippen LogP contribution is -2.31. The quantitative estimate of drug-likeness (QED) is 0.400. The molecule has 1 aromatic carbocycles. The third kappa shape index (κ3) is 2.11. The maximum Gasteiger partial charge on any atom is 0.345 e. The first kappa shape index (κ1) is 13.1. The highest BCUT2D eigenvalue weighted by atomic mass is 16.3. The van der Waals surface area contributed by atoms with E-state index >= 15 is 0 Å². The van der Waals surface area contributed by atoms with E-state index in [-0.39, 0.29) is 18.0 Å². The van der Waals surface area contributed by atoms with Crippen LogP contribution in [-0.2, 0) is 13.6 Å². The Morgan fingerprint density at radius 2 is 2.19 bits per heavy atom. The fraction of sp³-hybridized carbons (Fsp3) is 0.154. The average Bonchev–Trinajstić information content (AvgIpc) is 3.02. The first-order valence-electron chi connectivity index (χ1n) is 6.21. The molecule has 0 aliphatic heterocycles. The van der Waals surface area contributed by atoms with Gasteiger partial charge in [-0.2, -0.15) is 5.10 Å². The number of benzene rings is 1. The van der Waals surface area contributed by atoms with E-state index in [9.17, 15) is 9.59 Å². The zero-order valence-electron chi connectivity index (χ0n) is 11.2. The monoisotopic (exact) mass is 287 g/mol. The summed E-state index contributed by atoms with van der Waals surface area (Å²) in [6.45, 7) is 0.124. The summed E-state index contributed by atoms with van der Waals surface area (Å²) in [4.78, 5) is 23.7. The smallest absolute Gasteiger partial charge is 0.345 e. The third-order valence-electron chi connectivity index (χ3n) is 3.23. The molecule has 0 radical (unpaired) electrons. The molecule has 0 saturated carbocycles. The second kappa shape index (κ2) is 4.91. The second-order valence-electron chi connectivity index (χ2n) is 4.56. The molecule has 2 heterocycles. The molecule has 0 spiro atoms. The normalized spacial score (nSPS) is 11.0.